The van der Waals surface area contributed by atoms with Crippen molar-refractivity contribution in [3.63, 3.8) is 0 Å². The van der Waals surface area contributed by atoms with Crippen LogP contribution in [-0.2, 0) is 0 Å². The molecule has 1 aromatic rings. The molecule has 1 atom stereocenters. The molecule has 0 spiro atoms. The van der Waals surface area contributed by atoms with Crippen LogP contribution in [0.25, 0.3) is 0 Å². The number of likely N-dealkylation sites (N-methyl/N-ethyl adjacent to an activating group) is 1. The van der Waals surface area contributed by atoms with Crippen molar-refractivity contribution in [3.05, 3.63) is 21.9 Å². The van der Waals surface area contributed by atoms with E-state index in [-0.39, 0.29) is 5.54 Å². The number of nitrogens with zero attached hydrogens (tertiary/aromatic N) is 1. The van der Waals surface area contributed by atoms with E-state index in [1.165, 1.54) is 4.88 Å². The van der Waals surface area contributed by atoms with E-state index in [0.717, 1.165) is 31.5 Å². The second kappa shape index (κ2) is 6.69. The van der Waals surface area contributed by atoms with Crippen molar-refractivity contribution in [3.8, 4) is 0 Å². The van der Waals surface area contributed by atoms with E-state index in [9.17, 15) is 5.11 Å². The van der Waals surface area contributed by atoms with Gasteiger partial charge >= 0.3 is 0 Å². The molecule has 1 heterocycles. The van der Waals surface area contributed by atoms with Crippen molar-refractivity contribution in [2.75, 3.05) is 13.1 Å². The van der Waals surface area contributed by atoms with E-state index < -0.39 is 6.10 Å². The Morgan fingerprint density at radius 1 is 1.22 bits per heavy atom. The highest BCUT2D eigenvalue weighted by Crippen LogP contribution is 2.38. The minimum atomic E-state index is -0.391. The SMILES string of the molecule is CCN(CC)C(CC)(CC)C(O)c1csc(C)c1. The molecule has 0 bridgehead atoms. The summed E-state index contributed by atoms with van der Waals surface area (Å²) in [4.78, 5) is 3.68. The molecule has 0 saturated carbocycles. The molecule has 0 fully saturated rings. The van der Waals surface area contributed by atoms with Crippen molar-refractivity contribution >= 4 is 11.3 Å². The van der Waals surface area contributed by atoms with Crippen LogP contribution in [0.1, 0.15) is 57.1 Å². The summed E-state index contributed by atoms with van der Waals surface area (Å²) in [7, 11) is 0. The van der Waals surface area contributed by atoms with Crippen LogP contribution in [0.4, 0.5) is 0 Å². The topological polar surface area (TPSA) is 23.5 Å². The Morgan fingerprint density at radius 2 is 1.78 bits per heavy atom. The molecule has 1 aromatic heterocycles. The van der Waals surface area contributed by atoms with E-state index in [2.05, 4.69) is 51.0 Å². The van der Waals surface area contributed by atoms with Crippen LogP contribution in [0, 0.1) is 6.92 Å². The molecule has 0 saturated heterocycles. The summed E-state index contributed by atoms with van der Waals surface area (Å²) < 4.78 is 0. The Bertz CT molecular complexity index is 353. The normalized spacial score (nSPS) is 14.2. The standard InChI is InChI=1S/C15H27NOS/c1-6-15(7-2,16(8-3)9-4)14(17)13-10-12(5)18-11-13/h10-11,14,17H,6-9H2,1-5H3. The highest BCUT2D eigenvalue weighted by atomic mass is 32.1. The summed E-state index contributed by atoms with van der Waals surface area (Å²) in [6.07, 6.45) is 1.56. The largest absolute Gasteiger partial charge is 0.386 e. The lowest BCUT2D eigenvalue weighted by Crippen LogP contribution is -2.52. The summed E-state index contributed by atoms with van der Waals surface area (Å²) in [5.41, 5.74) is 0.949. The van der Waals surface area contributed by atoms with E-state index in [4.69, 9.17) is 0 Å². The van der Waals surface area contributed by atoms with Gasteiger partial charge in [-0.2, -0.15) is 0 Å². The lowest BCUT2D eigenvalue weighted by Gasteiger charge is -2.45. The Labute approximate surface area is 116 Å². The molecule has 0 radical (unpaired) electrons. The molecular formula is C15H27NOS. The molecule has 18 heavy (non-hydrogen) atoms. The fourth-order valence-corrected chi connectivity index (χ4v) is 3.75. The number of rotatable bonds is 7. The first-order chi connectivity index (χ1) is 8.55. The van der Waals surface area contributed by atoms with Gasteiger partial charge in [-0.15, -0.1) is 11.3 Å². The van der Waals surface area contributed by atoms with Crippen molar-refractivity contribution in [1.82, 2.24) is 4.90 Å². The maximum Gasteiger partial charge on any atom is 0.0981 e. The predicted octanol–water partition coefficient (Wildman–Crippen LogP) is 3.99. The minimum Gasteiger partial charge on any atom is -0.386 e. The summed E-state index contributed by atoms with van der Waals surface area (Å²) in [5.74, 6) is 0. The van der Waals surface area contributed by atoms with Crippen LogP contribution in [0.15, 0.2) is 11.4 Å². The molecule has 1 N–H and O–H groups in total. The first kappa shape index (κ1) is 15.7. The first-order valence-corrected chi connectivity index (χ1v) is 7.91. The van der Waals surface area contributed by atoms with Crippen molar-refractivity contribution in [2.45, 2.75) is 59.1 Å². The van der Waals surface area contributed by atoms with Crippen molar-refractivity contribution in [2.24, 2.45) is 0 Å². The van der Waals surface area contributed by atoms with Crippen LogP contribution in [0.5, 0.6) is 0 Å². The molecule has 0 amide bonds. The Morgan fingerprint density at radius 3 is 2.11 bits per heavy atom. The molecule has 1 rings (SSSR count). The Kier molecular flexibility index (Phi) is 5.83. The van der Waals surface area contributed by atoms with Crippen molar-refractivity contribution in [1.29, 1.82) is 0 Å². The molecule has 0 aromatic carbocycles. The number of aryl methyl sites for hydroxylation is 1. The number of aliphatic hydroxyl groups is 1. The van der Waals surface area contributed by atoms with Gasteiger partial charge in [0, 0.05) is 4.88 Å². The van der Waals surface area contributed by atoms with Crippen LogP contribution in [0.2, 0.25) is 0 Å². The average molecular weight is 269 g/mol. The second-order valence-electron chi connectivity index (χ2n) is 4.88. The zero-order valence-electron chi connectivity index (χ0n) is 12.4. The smallest absolute Gasteiger partial charge is 0.0981 e. The van der Waals surface area contributed by atoms with Gasteiger partial charge in [0.2, 0.25) is 0 Å². The summed E-state index contributed by atoms with van der Waals surface area (Å²) in [5, 5.41) is 12.9. The van der Waals surface area contributed by atoms with Gasteiger partial charge in [0.05, 0.1) is 11.6 Å². The molecule has 0 aliphatic rings. The Balaban J connectivity index is 3.10. The highest BCUT2D eigenvalue weighted by molar-refractivity contribution is 7.10. The number of aliphatic hydroxyl groups excluding tert-OH is 1. The van der Waals surface area contributed by atoms with Crippen LogP contribution in [-0.4, -0.2) is 28.6 Å². The molecule has 104 valence electrons. The fraction of sp³-hybridized carbons (Fsp3) is 0.733. The van der Waals surface area contributed by atoms with Gasteiger partial charge in [0.15, 0.2) is 0 Å². The van der Waals surface area contributed by atoms with Gasteiger partial charge in [0.25, 0.3) is 0 Å². The zero-order chi connectivity index (χ0) is 13.8. The van der Waals surface area contributed by atoms with Crippen LogP contribution < -0.4 is 0 Å². The molecule has 2 nitrogen and oxygen atoms in total. The second-order valence-corrected chi connectivity index (χ2v) is 5.99. The van der Waals surface area contributed by atoms with Crippen LogP contribution in [0.3, 0.4) is 0 Å². The lowest BCUT2D eigenvalue weighted by atomic mass is 9.81. The quantitative estimate of drug-likeness (QED) is 0.809. The van der Waals surface area contributed by atoms with Crippen molar-refractivity contribution < 1.29 is 5.11 Å². The zero-order valence-corrected chi connectivity index (χ0v) is 13.2. The van der Waals surface area contributed by atoms with E-state index in [1.54, 1.807) is 11.3 Å². The fourth-order valence-electron chi connectivity index (χ4n) is 3.03. The third kappa shape index (κ3) is 2.79. The average Bonchev–Trinajstić information content (AvgIpc) is 2.82. The van der Waals surface area contributed by atoms with E-state index in [0.29, 0.717) is 0 Å². The maximum absolute atomic E-state index is 10.8. The third-order valence-electron chi connectivity index (χ3n) is 4.19. The summed E-state index contributed by atoms with van der Waals surface area (Å²) in [6.45, 7) is 12.8. The van der Waals surface area contributed by atoms with Crippen LogP contribution >= 0.6 is 11.3 Å². The summed E-state index contributed by atoms with van der Waals surface area (Å²) >= 11 is 1.72. The third-order valence-corrected chi connectivity index (χ3v) is 5.07. The molecular weight excluding hydrogens is 242 g/mol. The van der Waals surface area contributed by atoms with E-state index >= 15 is 0 Å². The lowest BCUT2D eigenvalue weighted by molar-refractivity contribution is -0.0364. The monoisotopic (exact) mass is 269 g/mol. The molecule has 0 aliphatic carbocycles. The number of thiophene rings is 1. The minimum absolute atomic E-state index is 0.128. The first-order valence-electron chi connectivity index (χ1n) is 7.03. The van der Waals surface area contributed by atoms with Gasteiger partial charge in [-0.05, 0) is 49.9 Å². The van der Waals surface area contributed by atoms with Gasteiger partial charge < -0.3 is 5.11 Å². The molecule has 1 unspecified atom stereocenters. The van der Waals surface area contributed by atoms with Gasteiger partial charge in [-0.3, -0.25) is 4.90 Å². The molecule has 0 aliphatic heterocycles. The van der Waals surface area contributed by atoms with E-state index in [1.807, 2.05) is 0 Å². The molecule has 3 heteroatoms. The number of hydrogen-bond donors (Lipinski definition) is 1. The highest BCUT2D eigenvalue weighted by Gasteiger charge is 2.40. The number of hydrogen-bond acceptors (Lipinski definition) is 3. The van der Waals surface area contributed by atoms with Gasteiger partial charge in [-0.25, -0.2) is 0 Å². The predicted molar refractivity (Wildman–Crippen MR) is 80.2 cm³/mol. The maximum atomic E-state index is 10.8. The summed E-state index contributed by atoms with van der Waals surface area (Å²) in [6, 6.07) is 2.12. The van der Waals surface area contributed by atoms with Gasteiger partial charge in [0.1, 0.15) is 0 Å². The Hall–Kier alpha value is -0.380. The van der Waals surface area contributed by atoms with Gasteiger partial charge in [-0.1, -0.05) is 27.7 Å².